The molecule has 0 aliphatic rings. The minimum absolute atomic E-state index is 0.253. The predicted molar refractivity (Wildman–Crippen MR) is 103 cm³/mol. The summed E-state index contributed by atoms with van der Waals surface area (Å²) in [4.78, 5) is 18.7. The number of amides is 1. The Hall–Kier alpha value is -2.85. The van der Waals surface area contributed by atoms with Gasteiger partial charge in [-0.15, -0.1) is 0 Å². The van der Waals surface area contributed by atoms with E-state index in [4.69, 9.17) is 11.6 Å². The van der Waals surface area contributed by atoms with Gasteiger partial charge < -0.3 is 10.2 Å². The number of aromatic nitrogens is 1. The van der Waals surface area contributed by atoms with Crippen LogP contribution in [0.3, 0.4) is 0 Å². The van der Waals surface area contributed by atoms with Crippen molar-refractivity contribution in [2.75, 3.05) is 16.8 Å². The Kier molecular flexibility index (Phi) is 5.31. The zero-order valence-electron chi connectivity index (χ0n) is 13.8. The van der Waals surface area contributed by atoms with E-state index < -0.39 is 0 Å². The molecule has 0 unspecified atom stereocenters. The Labute approximate surface area is 152 Å². The first-order chi connectivity index (χ1) is 12.2. The van der Waals surface area contributed by atoms with Crippen LogP contribution in [0, 0.1) is 0 Å². The van der Waals surface area contributed by atoms with Crippen LogP contribution in [-0.2, 0) is 0 Å². The van der Waals surface area contributed by atoms with Crippen LogP contribution < -0.4 is 10.2 Å². The van der Waals surface area contributed by atoms with Crippen LogP contribution in [-0.4, -0.2) is 17.4 Å². The van der Waals surface area contributed by atoms with Gasteiger partial charge in [0.1, 0.15) is 5.69 Å². The molecule has 2 aromatic carbocycles. The Morgan fingerprint density at radius 3 is 2.32 bits per heavy atom. The molecule has 1 N–H and O–H groups in total. The van der Waals surface area contributed by atoms with Crippen LogP contribution in [0.15, 0.2) is 72.9 Å². The van der Waals surface area contributed by atoms with Gasteiger partial charge in [-0.3, -0.25) is 4.79 Å². The Morgan fingerprint density at radius 2 is 1.72 bits per heavy atom. The van der Waals surface area contributed by atoms with Crippen LogP contribution >= 0.6 is 11.6 Å². The largest absolute Gasteiger partial charge is 0.341 e. The van der Waals surface area contributed by atoms with Crippen LogP contribution in [0.1, 0.15) is 17.4 Å². The molecule has 126 valence electrons. The van der Waals surface area contributed by atoms with Crippen molar-refractivity contribution < 1.29 is 4.79 Å². The lowest BCUT2D eigenvalue weighted by Gasteiger charge is -2.22. The van der Waals surface area contributed by atoms with E-state index in [-0.39, 0.29) is 5.91 Å². The predicted octanol–water partition coefficient (Wildman–Crippen LogP) is 5.15. The molecule has 0 fully saturated rings. The molecule has 3 aromatic rings. The maximum atomic E-state index is 12.3. The first-order valence-corrected chi connectivity index (χ1v) is 8.40. The summed E-state index contributed by atoms with van der Waals surface area (Å²) in [6, 6.07) is 20.7. The lowest BCUT2D eigenvalue weighted by molar-refractivity contribution is 0.102. The van der Waals surface area contributed by atoms with E-state index in [0.717, 1.165) is 17.9 Å². The summed E-state index contributed by atoms with van der Waals surface area (Å²) in [7, 11) is 0. The van der Waals surface area contributed by atoms with E-state index in [2.05, 4.69) is 22.1 Å². The fraction of sp³-hybridized carbons (Fsp3) is 0.100. The Morgan fingerprint density at radius 1 is 1.00 bits per heavy atom. The molecule has 0 spiro atoms. The van der Waals surface area contributed by atoms with Gasteiger partial charge in [0.15, 0.2) is 0 Å². The summed E-state index contributed by atoms with van der Waals surface area (Å²) < 4.78 is 0. The third kappa shape index (κ3) is 4.17. The quantitative estimate of drug-likeness (QED) is 0.691. The molecular weight excluding hydrogens is 334 g/mol. The summed E-state index contributed by atoms with van der Waals surface area (Å²) in [5.41, 5.74) is 3.07. The van der Waals surface area contributed by atoms with Gasteiger partial charge in [-0.2, -0.15) is 0 Å². The molecule has 0 atom stereocenters. The number of para-hydroxylation sites is 1. The normalized spacial score (nSPS) is 10.3. The van der Waals surface area contributed by atoms with Crippen molar-refractivity contribution >= 4 is 34.6 Å². The monoisotopic (exact) mass is 351 g/mol. The summed E-state index contributed by atoms with van der Waals surface area (Å²) in [5, 5.41) is 3.43. The molecule has 0 aliphatic heterocycles. The van der Waals surface area contributed by atoms with E-state index in [1.807, 2.05) is 36.4 Å². The van der Waals surface area contributed by atoms with Crippen molar-refractivity contribution in [2.45, 2.75) is 6.92 Å². The molecule has 1 aromatic heterocycles. The number of anilines is 3. The molecule has 1 amide bonds. The number of pyridine rings is 1. The lowest BCUT2D eigenvalue weighted by atomic mass is 10.2. The van der Waals surface area contributed by atoms with Crippen molar-refractivity contribution in [3.8, 4) is 0 Å². The summed E-state index contributed by atoms with van der Waals surface area (Å²) in [6.07, 6.45) is 1.72. The van der Waals surface area contributed by atoms with Gasteiger partial charge in [0.2, 0.25) is 0 Å². The molecule has 0 saturated heterocycles. The van der Waals surface area contributed by atoms with Crippen LogP contribution in [0.2, 0.25) is 5.02 Å². The highest BCUT2D eigenvalue weighted by atomic mass is 35.5. The number of nitrogens with one attached hydrogen (secondary N) is 1. The first-order valence-electron chi connectivity index (χ1n) is 8.03. The van der Waals surface area contributed by atoms with Crippen molar-refractivity contribution in [2.24, 2.45) is 0 Å². The molecule has 0 radical (unpaired) electrons. The molecule has 5 heteroatoms. The van der Waals surface area contributed by atoms with Crippen LogP contribution in [0.4, 0.5) is 17.1 Å². The second kappa shape index (κ2) is 7.81. The maximum absolute atomic E-state index is 12.3. The van der Waals surface area contributed by atoms with E-state index in [0.29, 0.717) is 16.4 Å². The topological polar surface area (TPSA) is 45.2 Å². The maximum Gasteiger partial charge on any atom is 0.274 e. The minimum Gasteiger partial charge on any atom is -0.341 e. The molecule has 1 heterocycles. The van der Waals surface area contributed by atoms with Crippen LogP contribution in [0.5, 0.6) is 0 Å². The lowest BCUT2D eigenvalue weighted by Crippen LogP contribution is -2.17. The minimum atomic E-state index is -0.253. The first kappa shape index (κ1) is 17.0. The average Bonchev–Trinajstić information content (AvgIpc) is 2.66. The van der Waals surface area contributed by atoms with Gasteiger partial charge in [0, 0.05) is 22.9 Å². The number of halogens is 1. The summed E-state index contributed by atoms with van der Waals surface area (Å²) in [6.45, 7) is 2.89. The van der Waals surface area contributed by atoms with E-state index in [1.165, 1.54) is 0 Å². The number of hydrogen-bond donors (Lipinski definition) is 1. The summed E-state index contributed by atoms with van der Waals surface area (Å²) >= 11 is 5.85. The van der Waals surface area contributed by atoms with Gasteiger partial charge in [-0.05, 0) is 55.5 Å². The smallest absolute Gasteiger partial charge is 0.274 e. The second-order valence-electron chi connectivity index (χ2n) is 5.44. The highest BCUT2D eigenvalue weighted by Crippen LogP contribution is 2.24. The van der Waals surface area contributed by atoms with Gasteiger partial charge in [0.05, 0.1) is 11.9 Å². The standard InChI is InChI=1S/C20H18ClN3O/c1-2-24(17-6-4-3-5-7-17)18-12-13-19(22-14-18)20(25)23-16-10-8-15(21)9-11-16/h3-14H,2H2,1H3,(H,23,25). The van der Waals surface area contributed by atoms with Crippen LogP contribution in [0.25, 0.3) is 0 Å². The third-order valence-electron chi connectivity index (χ3n) is 3.78. The molecular formula is C20H18ClN3O. The van der Waals surface area contributed by atoms with Gasteiger partial charge >= 0.3 is 0 Å². The van der Waals surface area contributed by atoms with Crippen molar-refractivity contribution in [1.29, 1.82) is 0 Å². The zero-order valence-corrected chi connectivity index (χ0v) is 14.6. The number of nitrogens with zero attached hydrogens (tertiary/aromatic N) is 2. The van der Waals surface area contributed by atoms with Gasteiger partial charge in [-0.1, -0.05) is 29.8 Å². The summed E-state index contributed by atoms with van der Waals surface area (Å²) in [5.74, 6) is -0.253. The Bertz CT molecular complexity index is 833. The molecule has 0 aliphatic carbocycles. The third-order valence-corrected chi connectivity index (χ3v) is 4.03. The van der Waals surface area contributed by atoms with Crippen molar-refractivity contribution in [1.82, 2.24) is 4.98 Å². The van der Waals surface area contributed by atoms with Crippen molar-refractivity contribution in [3.63, 3.8) is 0 Å². The zero-order chi connectivity index (χ0) is 17.6. The average molecular weight is 352 g/mol. The van der Waals surface area contributed by atoms with Gasteiger partial charge in [0.25, 0.3) is 5.91 Å². The second-order valence-corrected chi connectivity index (χ2v) is 5.88. The number of carbonyl (C=O) groups excluding carboxylic acids is 1. The number of rotatable bonds is 5. The van der Waals surface area contributed by atoms with E-state index in [1.54, 1.807) is 36.5 Å². The highest BCUT2D eigenvalue weighted by Gasteiger charge is 2.11. The molecule has 0 saturated carbocycles. The SMILES string of the molecule is CCN(c1ccccc1)c1ccc(C(=O)Nc2ccc(Cl)cc2)nc1. The van der Waals surface area contributed by atoms with E-state index >= 15 is 0 Å². The fourth-order valence-electron chi connectivity index (χ4n) is 2.53. The van der Waals surface area contributed by atoms with E-state index in [9.17, 15) is 4.79 Å². The number of benzene rings is 2. The molecule has 25 heavy (non-hydrogen) atoms. The molecule has 0 bridgehead atoms. The number of hydrogen-bond acceptors (Lipinski definition) is 3. The highest BCUT2D eigenvalue weighted by molar-refractivity contribution is 6.30. The van der Waals surface area contributed by atoms with Crippen molar-refractivity contribution in [3.05, 3.63) is 83.6 Å². The Balaban J connectivity index is 1.75. The number of carbonyl (C=O) groups is 1. The molecule has 3 rings (SSSR count). The fourth-order valence-corrected chi connectivity index (χ4v) is 2.66. The molecule has 4 nitrogen and oxygen atoms in total. The van der Waals surface area contributed by atoms with Gasteiger partial charge in [-0.25, -0.2) is 4.98 Å².